The highest BCUT2D eigenvalue weighted by molar-refractivity contribution is 6.30. The molecule has 1 amide bonds. The Morgan fingerprint density at radius 2 is 1.74 bits per heavy atom. The molecule has 0 N–H and O–H groups in total. The number of amides is 1. The maximum Gasteiger partial charge on any atom is 0.411 e. The van der Waals surface area contributed by atoms with Gasteiger partial charge in [0.2, 0.25) is 0 Å². The zero-order chi connectivity index (χ0) is 24.7. The number of fused-ring (bicyclic) bond motifs is 3. The van der Waals surface area contributed by atoms with E-state index in [4.69, 9.17) is 16.3 Å². The standard InChI is InChI=1S/C26H31ClN6O2/c1-16-23(29-12-11-28-16)17-5-7-18(8-6-17)24-31-30-22-15-32(25(34)35-26(2,3)4)14-19-13-20(27)9-10-21(19)33(22)24/h9-13,17-18H,5-8,14-15H2,1-4H3/t17-,18-. The number of rotatable bonds is 2. The van der Waals surface area contributed by atoms with Crippen molar-refractivity contribution >= 4 is 17.7 Å². The lowest BCUT2D eigenvalue weighted by molar-refractivity contribution is 0.0214. The molecular weight excluding hydrogens is 464 g/mol. The summed E-state index contributed by atoms with van der Waals surface area (Å²) < 4.78 is 7.80. The Hall–Kier alpha value is -3.00. The summed E-state index contributed by atoms with van der Waals surface area (Å²) >= 11 is 6.35. The normalized spacial score (nSPS) is 20.1. The van der Waals surface area contributed by atoms with Crippen molar-refractivity contribution in [3.63, 3.8) is 0 Å². The predicted octanol–water partition coefficient (Wildman–Crippen LogP) is 5.71. The van der Waals surface area contributed by atoms with Gasteiger partial charge in [0.15, 0.2) is 5.82 Å². The van der Waals surface area contributed by atoms with E-state index in [1.165, 1.54) is 0 Å². The number of ether oxygens (including phenoxy) is 1. The number of benzene rings is 1. The maximum absolute atomic E-state index is 13.0. The molecule has 35 heavy (non-hydrogen) atoms. The van der Waals surface area contributed by atoms with Gasteiger partial charge in [-0.25, -0.2) is 4.79 Å². The summed E-state index contributed by atoms with van der Waals surface area (Å²) in [5.41, 5.74) is 3.47. The fourth-order valence-electron chi connectivity index (χ4n) is 5.19. The lowest BCUT2D eigenvalue weighted by atomic mass is 9.79. The van der Waals surface area contributed by atoms with Crippen LogP contribution in [0.2, 0.25) is 5.02 Å². The molecule has 3 heterocycles. The molecule has 1 aliphatic heterocycles. The molecule has 0 atom stereocenters. The molecule has 3 aromatic rings. The van der Waals surface area contributed by atoms with Crippen LogP contribution in [0, 0.1) is 6.92 Å². The summed E-state index contributed by atoms with van der Waals surface area (Å²) in [4.78, 5) is 23.7. The largest absolute Gasteiger partial charge is 0.444 e. The van der Waals surface area contributed by atoms with Gasteiger partial charge in [-0.2, -0.15) is 0 Å². The van der Waals surface area contributed by atoms with E-state index in [1.54, 1.807) is 17.3 Å². The Morgan fingerprint density at radius 3 is 2.46 bits per heavy atom. The Kier molecular flexibility index (Phi) is 6.25. The molecule has 0 bridgehead atoms. The third-order valence-electron chi connectivity index (χ3n) is 6.78. The van der Waals surface area contributed by atoms with E-state index < -0.39 is 5.60 Å². The molecule has 1 aromatic carbocycles. The number of hydrogen-bond acceptors (Lipinski definition) is 6. The minimum Gasteiger partial charge on any atom is -0.444 e. The van der Waals surface area contributed by atoms with Crippen molar-refractivity contribution in [1.29, 1.82) is 0 Å². The number of halogens is 1. The van der Waals surface area contributed by atoms with Crippen molar-refractivity contribution < 1.29 is 9.53 Å². The van der Waals surface area contributed by atoms with E-state index in [9.17, 15) is 4.79 Å². The number of aryl methyl sites for hydroxylation is 1. The van der Waals surface area contributed by atoms with Crippen LogP contribution in [-0.4, -0.2) is 41.3 Å². The molecule has 2 aromatic heterocycles. The first-order valence-corrected chi connectivity index (χ1v) is 12.6. The van der Waals surface area contributed by atoms with Crippen molar-refractivity contribution in [2.45, 2.75) is 83.9 Å². The second-order valence-corrected chi connectivity index (χ2v) is 10.9. The highest BCUT2D eigenvalue weighted by Gasteiger charge is 2.33. The fourth-order valence-corrected chi connectivity index (χ4v) is 5.39. The van der Waals surface area contributed by atoms with Crippen LogP contribution in [0.1, 0.15) is 86.9 Å². The first kappa shape index (κ1) is 23.7. The van der Waals surface area contributed by atoms with Gasteiger partial charge in [0.25, 0.3) is 0 Å². The van der Waals surface area contributed by atoms with Gasteiger partial charge in [-0.05, 0) is 77.1 Å². The van der Waals surface area contributed by atoms with Gasteiger partial charge >= 0.3 is 6.09 Å². The van der Waals surface area contributed by atoms with Gasteiger partial charge in [0.05, 0.1) is 30.2 Å². The van der Waals surface area contributed by atoms with Crippen LogP contribution < -0.4 is 0 Å². The summed E-state index contributed by atoms with van der Waals surface area (Å²) in [7, 11) is 0. The molecule has 1 fully saturated rings. The number of hydrogen-bond donors (Lipinski definition) is 0. The summed E-state index contributed by atoms with van der Waals surface area (Å²) in [5, 5.41) is 9.81. The van der Waals surface area contributed by atoms with E-state index >= 15 is 0 Å². The highest BCUT2D eigenvalue weighted by Crippen LogP contribution is 2.41. The van der Waals surface area contributed by atoms with Crippen molar-refractivity contribution in [2.24, 2.45) is 0 Å². The van der Waals surface area contributed by atoms with Crippen LogP contribution in [0.15, 0.2) is 30.6 Å². The van der Waals surface area contributed by atoms with E-state index in [1.807, 2.05) is 45.9 Å². The molecule has 0 saturated heterocycles. The topological polar surface area (TPSA) is 86.0 Å². The molecule has 1 aliphatic carbocycles. The van der Waals surface area contributed by atoms with Gasteiger partial charge in [0.1, 0.15) is 11.4 Å². The molecular formula is C26H31ClN6O2. The summed E-state index contributed by atoms with van der Waals surface area (Å²) in [6.45, 7) is 8.35. The molecule has 2 aliphatic rings. The summed E-state index contributed by atoms with van der Waals surface area (Å²) in [6, 6.07) is 5.80. The quantitative estimate of drug-likeness (QED) is 0.453. The van der Waals surface area contributed by atoms with Crippen molar-refractivity contribution in [1.82, 2.24) is 29.6 Å². The lowest BCUT2D eigenvalue weighted by Crippen LogP contribution is -2.35. The Morgan fingerprint density at radius 1 is 1.03 bits per heavy atom. The fraction of sp³-hybridized carbons (Fsp3) is 0.500. The van der Waals surface area contributed by atoms with Gasteiger partial charge in [-0.1, -0.05) is 11.6 Å². The van der Waals surface area contributed by atoms with Crippen molar-refractivity contribution in [3.05, 3.63) is 64.2 Å². The Bertz CT molecular complexity index is 1240. The summed E-state index contributed by atoms with van der Waals surface area (Å²) in [5.74, 6) is 2.38. The average Bonchev–Trinajstić information content (AvgIpc) is 3.14. The zero-order valence-electron chi connectivity index (χ0n) is 20.7. The van der Waals surface area contributed by atoms with Crippen molar-refractivity contribution in [2.75, 3.05) is 0 Å². The first-order chi connectivity index (χ1) is 16.7. The number of aromatic nitrogens is 5. The van der Waals surface area contributed by atoms with Gasteiger partial charge < -0.3 is 4.74 Å². The predicted molar refractivity (Wildman–Crippen MR) is 133 cm³/mol. The average molecular weight is 495 g/mol. The molecule has 1 saturated carbocycles. The number of carbonyl (C=O) groups is 1. The number of nitrogens with zero attached hydrogens (tertiary/aromatic N) is 6. The SMILES string of the molecule is Cc1nccnc1[C@H]1CC[C@H](c2nnc3n2-c2ccc(Cl)cc2CN(C(=O)OC(C)(C)C)C3)CC1. The minimum atomic E-state index is -0.584. The second-order valence-electron chi connectivity index (χ2n) is 10.5. The lowest BCUT2D eigenvalue weighted by Gasteiger charge is -2.28. The molecule has 0 unspecified atom stereocenters. The monoisotopic (exact) mass is 494 g/mol. The third kappa shape index (κ3) is 4.89. The first-order valence-electron chi connectivity index (χ1n) is 12.2. The Labute approximate surface area is 210 Å². The van der Waals surface area contributed by atoms with Crippen LogP contribution in [-0.2, 0) is 17.8 Å². The highest BCUT2D eigenvalue weighted by atomic mass is 35.5. The van der Waals surface area contributed by atoms with Crippen LogP contribution in [0.25, 0.3) is 5.69 Å². The van der Waals surface area contributed by atoms with E-state index in [0.29, 0.717) is 24.0 Å². The molecule has 9 heteroatoms. The van der Waals surface area contributed by atoms with Crippen molar-refractivity contribution in [3.8, 4) is 5.69 Å². The number of carbonyl (C=O) groups excluding carboxylic acids is 1. The Balaban J connectivity index is 1.44. The van der Waals surface area contributed by atoms with Gasteiger partial charge in [-0.15, -0.1) is 10.2 Å². The maximum atomic E-state index is 13.0. The van der Waals surface area contributed by atoms with E-state index in [-0.39, 0.29) is 12.0 Å². The zero-order valence-corrected chi connectivity index (χ0v) is 21.4. The van der Waals surface area contributed by atoms with Gasteiger partial charge in [0, 0.05) is 29.3 Å². The van der Waals surface area contributed by atoms with Crippen LogP contribution in [0.5, 0.6) is 0 Å². The van der Waals surface area contributed by atoms with E-state index in [2.05, 4.69) is 24.7 Å². The van der Waals surface area contributed by atoms with Crippen LogP contribution in [0.3, 0.4) is 0 Å². The van der Waals surface area contributed by atoms with Crippen LogP contribution in [0.4, 0.5) is 4.79 Å². The third-order valence-corrected chi connectivity index (χ3v) is 7.02. The second kappa shape index (κ2) is 9.22. The molecule has 184 valence electrons. The molecule has 0 radical (unpaired) electrons. The molecule has 0 spiro atoms. The minimum absolute atomic E-state index is 0.279. The van der Waals surface area contributed by atoms with E-state index in [0.717, 1.165) is 60.0 Å². The smallest absolute Gasteiger partial charge is 0.411 e. The van der Waals surface area contributed by atoms with Crippen LogP contribution >= 0.6 is 11.6 Å². The molecule has 5 rings (SSSR count). The summed E-state index contributed by atoms with van der Waals surface area (Å²) in [6.07, 6.45) is 7.22. The molecule has 8 nitrogen and oxygen atoms in total. The van der Waals surface area contributed by atoms with Gasteiger partial charge in [-0.3, -0.25) is 19.4 Å².